The van der Waals surface area contributed by atoms with Gasteiger partial charge in [0.15, 0.2) is 13.0 Å². The van der Waals surface area contributed by atoms with Crippen LogP contribution in [0.2, 0.25) is 0 Å². The molecule has 0 fully saturated rings. The van der Waals surface area contributed by atoms with Crippen LogP contribution in [0.4, 0.5) is 0 Å². The molecule has 17 heavy (non-hydrogen) atoms. The van der Waals surface area contributed by atoms with Gasteiger partial charge in [0.1, 0.15) is 11.4 Å². The van der Waals surface area contributed by atoms with Crippen molar-refractivity contribution in [2.24, 2.45) is 4.99 Å². The average molecular weight is 235 g/mol. The minimum Gasteiger partial charge on any atom is -0.471 e. The minimum atomic E-state index is -1.36. The van der Waals surface area contributed by atoms with Crippen molar-refractivity contribution >= 4 is 12.4 Å². The van der Waals surface area contributed by atoms with Gasteiger partial charge in [-0.1, -0.05) is 12.1 Å². The number of carbonyl (C=O) groups is 1. The molecule has 5 heteroatoms. The summed E-state index contributed by atoms with van der Waals surface area (Å²) < 4.78 is 5.10. The van der Waals surface area contributed by atoms with Gasteiger partial charge in [0.25, 0.3) is 0 Å². The van der Waals surface area contributed by atoms with Gasteiger partial charge in [-0.25, -0.2) is 4.79 Å². The number of rotatable bonds is 6. The molecule has 0 bridgehead atoms. The lowest BCUT2D eigenvalue weighted by Gasteiger charge is -2.15. The maximum Gasteiger partial charge on any atom is 0.238 e. The number of hydrogen-bond donors (Lipinski definition) is 1. The Balaban J connectivity index is 2.61. The zero-order valence-electron chi connectivity index (χ0n) is 9.42. The third-order valence-electron chi connectivity index (χ3n) is 2.10. The Morgan fingerprint density at radius 2 is 2.12 bits per heavy atom. The fourth-order valence-electron chi connectivity index (χ4n) is 1.29. The molecule has 1 aromatic rings. The molecule has 0 saturated heterocycles. The van der Waals surface area contributed by atoms with Gasteiger partial charge in [-0.15, -0.1) is 0 Å². The summed E-state index contributed by atoms with van der Waals surface area (Å²) in [5.41, 5.74) is -0.544. The Bertz CT molecular complexity index is 419. The lowest BCUT2D eigenvalue weighted by Crippen LogP contribution is -2.28. The quantitative estimate of drug-likeness (QED) is 0.450. The Morgan fingerprint density at radius 3 is 2.65 bits per heavy atom. The second-order valence-electron chi connectivity index (χ2n) is 3.82. The van der Waals surface area contributed by atoms with Crippen molar-refractivity contribution < 1.29 is 19.4 Å². The first-order valence-electron chi connectivity index (χ1n) is 5.01. The molecule has 90 valence electrons. The van der Waals surface area contributed by atoms with E-state index in [1.165, 1.54) is 13.0 Å². The Kier molecular flexibility index (Phi) is 4.57. The van der Waals surface area contributed by atoms with Crippen LogP contribution < -0.4 is 4.74 Å². The molecular weight excluding hydrogens is 222 g/mol. The highest BCUT2D eigenvalue weighted by atomic mass is 16.5. The Labute approximate surface area is 98.7 Å². The molecule has 0 heterocycles. The van der Waals surface area contributed by atoms with Crippen LogP contribution in [0.15, 0.2) is 29.3 Å². The number of aliphatic imine (C=N–C) groups is 1. The fourth-order valence-corrected chi connectivity index (χ4v) is 1.29. The summed E-state index contributed by atoms with van der Waals surface area (Å²) in [5, 5.41) is 9.56. The summed E-state index contributed by atoms with van der Waals surface area (Å²) >= 11 is 0. The molecule has 1 N–H and O–H groups in total. The molecule has 0 spiro atoms. The van der Waals surface area contributed by atoms with Gasteiger partial charge in [-0.3, -0.25) is 0 Å². The summed E-state index contributed by atoms with van der Waals surface area (Å²) in [4.78, 5) is 23.6. The summed E-state index contributed by atoms with van der Waals surface area (Å²) in [6.45, 7) is 1.37. The van der Waals surface area contributed by atoms with Crippen LogP contribution in [0, 0.1) is 0 Å². The van der Waals surface area contributed by atoms with Crippen LogP contribution >= 0.6 is 0 Å². The number of hydrogen-bond acceptors (Lipinski definition) is 5. The van der Waals surface area contributed by atoms with E-state index < -0.39 is 5.60 Å². The monoisotopic (exact) mass is 235 g/mol. The molecule has 5 nitrogen and oxygen atoms in total. The second-order valence-corrected chi connectivity index (χ2v) is 3.82. The third kappa shape index (κ3) is 4.59. The molecule has 1 atom stereocenters. The lowest BCUT2D eigenvalue weighted by molar-refractivity contribution is -0.122. The number of nitrogens with zero attached hydrogens (tertiary/aromatic N) is 1. The number of isocyanates is 1. The van der Waals surface area contributed by atoms with E-state index >= 15 is 0 Å². The Morgan fingerprint density at radius 1 is 1.47 bits per heavy atom. The van der Waals surface area contributed by atoms with Gasteiger partial charge >= 0.3 is 0 Å². The number of aliphatic hydroxyl groups is 1. The maximum absolute atomic E-state index is 10.5. The van der Waals surface area contributed by atoms with Crippen LogP contribution in [0.1, 0.15) is 12.5 Å². The van der Waals surface area contributed by atoms with E-state index in [9.17, 15) is 14.7 Å². The fraction of sp³-hybridized carbons (Fsp3) is 0.333. The normalized spacial score (nSPS) is 13.3. The molecule has 0 saturated carbocycles. The molecule has 0 aliphatic heterocycles. The average Bonchev–Trinajstić information content (AvgIpc) is 2.31. The first kappa shape index (κ1) is 13.1. The largest absolute Gasteiger partial charge is 0.471 e. The van der Waals surface area contributed by atoms with Crippen LogP contribution in [0.3, 0.4) is 0 Å². The standard InChI is InChI=1S/C12H13NO4/c1-12(16,7-14)6-10-2-4-11(5-3-10)17-9-13-8-15/h2-5,7,16H,6,9H2,1H3. The van der Waals surface area contributed by atoms with E-state index in [2.05, 4.69) is 4.99 Å². The van der Waals surface area contributed by atoms with Crippen molar-refractivity contribution in [3.8, 4) is 5.75 Å². The zero-order chi connectivity index (χ0) is 12.7. The third-order valence-corrected chi connectivity index (χ3v) is 2.10. The number of aldehydes is 1. The molecule has 0 radical (unpaired) electrons. The first-order chi connectivity index (χ1) is 8.07. The Hall–Kier alpha value is -1.97. The van der Waals surface area contributed by atoms with Crippen LogP contribution in [0.5, 0.6) is 5.75 Å². The molecular formula is C12H13NO4. The SMILES string of the molecule is CC(O)(C=O)Cc1ccc(OCN=C=O)cc1. The molecule has 0 amide bonds. The van der Waals surface area contributed by atoms with Gasteiger partial charge in [-0.05, 0) is 24.6 Å². The second kappa shape index (κ2) is 5.94. The topological polar surface area (TPSA) is 76.0 Å². The van der Waals surface area contributed by atoms with Gasteiger partial charge in [0, 0.05) is 6.42 Å². The first-order valence-corrected chi connectivity index (χ1v) is 5.01. The van der Waals surface area contributed by atoms with Gasteiger partial charge in [0.05, 0.1) is 0 Å². The predicted molar refractivity (Wildman–Crippen MR) is 60.5 cm³/mol. The van der Waals surface area contributed by atoms with Crippen molar-refractivity contribution in [3.63, 3.8) is 0 Å². The molecule has 1 unspecified atom stereocenters. The summed E-state index contributed by atoms with van der Waals surface area (Å²) in [5.74, 6) is 0.554. The lowest BCUT2D eigenvalue weighted by atomic mass is 9.98. The number of ether oxygens (including phenoxy) is 1. The van der Waals surface area contributed by atoms with E-state index in [0.717, 1.165) is 5.56 Å². The van der Waals surface area contributed by atoms with Crippen molar-refractivity contribution in [2.45, 2.75) is 18.9 Å². The van der Waals surface area contributed by atoms with E-state index in [4.69, 9.17) is 4.74 Å². The van der Waals surface area contributed by atoms with Gasteiger partial charge in [0.2, 0.25) is 6.08 Å². The van der Waals surface area contributed by atoms with Crippen molar-refractivity contribution in [1.82, 2.24) is 0 Å². The zero-order valence-corrected chi connectivity index (χ0v) is 9.42. The van der Waals surface area contributed by atoms with E-state index in [1.807, 2.05) is 0 Å². The molecule has 0 aliphatic rings. The highest BCUT2D eigenvalue weighted by Crippen LogP contribution is 2.16. The van der Waals surface area contributed by atoms with Gasteiger partial charge < -0.3 is 14.6 Å². The molecule has 1 aromatic carbocycles. The van der Waals surface area contributed by atoms with Crippen LogP contribution in [-0.4, -0.2) is 29.8 Å². The highest BCUT2D eigenvalue weighted by Gasteiger charge is 2.19. The molecule has 0 aliphatic carbocycles. The maximum atomic E-state index is 10.5. The van der Waals surface area contributed by atoms with Crippen molar-refractivity contribution in [2.75, 3.05) is 6.73 Å². The minimum absolute atomic E-state index is 0.0745. The smallest absolute Gasteiger partial charge is 0.238 e. The summed E-state index contributed by atoms with van der Waals surface area (Å²) in [7, 11) is 0. The number of carbonyl (C=O) groups excluding carboxylic acids is 2. The number of benzene rings is 1. The van der Waals surface area contributed by atoms with Crippen molar-refractivity contribution in [1.29, 1.82) is 0 Å². The van der Waals surface area contributed by atoms with Crippen molar-refractivity contribution in [3.05, 3.63) is 29.8 Å². The van der Waals surface area contributed by atoms with Crippen LogP contribution in [-0.2, 0) is 16.0 Å². The highest BCUT2D eigenvalue weighted by molar-refractivity contribution is 5.62. The van der Waals surface area contributed by atoms with E-state index in [1.54, 1.807) is 24.3 Å². The summed E-state index contributed by atoms with van der Waals surface area (Å²) in [6.07, 6.45) is 2.12. The molecule has 0 aromatic heterocycles. The predicted octanol–water partition coefficient (Wildman–Crippen LogP) is 0.851. The van der Waals surface area contributed by atoms with Crippen LogP contribution in [0.25, 0.3) is 0 Å². The van der Waals surface area contributed by atoms with E-state index in [0.29, 0.717) is 12.0 Å². The molecule has 1 rings (SSSR count). The van der Waals surface area contributed by atoms with Gasteiger partial charge in [-0.2, -0.15) is 4.99 Å². The summed E-state index contributed by atoms with van der Waals surface area (Å²) in [6, 6.07) is 6.82. The van der Waals surface area contributed by atoms with E-state index in [-0.39, 0.29) is 13.2 Å².